The molecule has 0 aliphatic carbocycles. The molecule has 4 nitrogen and oxygen atoms in total. The first-order chi connectivity index (χ1) is 6.48. The number of nitrogens with zero attached hydrogens (tertiary/aromatic N) is 2. The van der Waals surface area contributed by atoms with Crippen molar-refractivity contribution in [2.75, 3.05) is 0 Å². The predicted octanol–water partition coefficient (Wildman–Crippen LogP) is 1.39. The zero-order chi connectivity index (χ0) is 10.3. The van der Waals surface area contributed by atoms with E-state index in [1.165, 1.54) is 6.20 Å². The number of hydrogen-bond donors (Lipinski definition) is 0. The van der Waals surface area contributed by atoms with Crippen LogP contribution in [0.4, 0.5) is 0 Å². The molecule has 0 saturated heterocycles. The van der Waals surface area contributed by atoms with Crippen LogP contribution in [0.15, 0.2) is 11.2 Å². The number of rotatable bonds is 1. The molecule has 0 aromatic carbocycles. The first-order valence-corrected chi connectivity index (χ1v) is 6.78. The van der Waals surface area contributed by atoms with E-state index in [0.29, 0.717) is 12.5 Å². The number of aromatic nitrogens is 2. The van der Waals surface area contributed by atoms with Gasteiger partial charge in [0.15, 0.2) is 5.03 Å². The van der Waals surface area contributed by atoms with Crippen LogP contribution in [0.3, 0.4) is 0 Å². The minimum absolute atomic E-state index is 0.126. The Morgan fingerprint density at radius 2 is 2.36 bits per heavy atom. The van der Waals surface area contributed by atoms with Crippen LogP contribution in [-0.2, 0) is 22.0 Å². The zero-order valence-corrected chi connectivity index (χ0v) is 9.35. The lowest BCUT2D eigenvalue weighted by atomic mass is 10.0. The Morgan fingerprint density at radius 1 is 1.64 bits per heavy atom. The van der Waals surface area contributed by atoms with Gasteiger partial charge < -0.3 is 4.57 Å². The van der Waals surface area contributed by atoms with Crippen LogP contribution in [0.25, 0.3) is 0 Å². The van der Waals surface area contributed by atoms with Crippen molar-refractivity contribution in [3.63, 3.8) is 0 Å². The SMILES string of the molecule is C[C@@H]1CCc2ncc(S(=O)(=O)Cl)n2C1. The standard InChI is InChI=1S/C8H11ClN2O2S/c1-6-2-3-7-10-4-8(11(7)5-6)14(9,12)13/h4,6H,2-3,5H2,1H3/t6-/m1/s1. The van der Waals surface area contributed by atoms with Crippen molar-refractivity contribution in [3.05, 3.63) is 12.0 Å². The summed E-state index contributed by atoms with van der Waals surface area (Å²) in [5.41, 5.74) is 0. The van der Waals surface area contributed by atoms with Gasteiger partial charge in [-0.15, -0.1) is 0 Å². The van der Waals surface area contributed by atoms with Crippen LogP contribution in [0, 0.1) is 5.92 Å². The predicted molar refractivity (Wildman–Crippen MR) is 52.8 cm³/mol. The third-order valence-electron chi connectivity index (χ3n) is 2.51. The maximum atomic E-state index is 11.2. The minimum atomic E-state index is -3.65. The van der Waals surface area contributed by atoms with Gasteiger partial charge in [-0.25, -0.2) is 13.4 Å². The summed E-state index contributed by atoms with van der Waals surface area (Å²) in [6, 6.07) is 0. The average Bonchev–Trinajstić information content (AvgIpc) is 2.45. The number of imidazole rings is 1. The summed E-state index contributed by atoms with van der Waals surface area (Å²) in [6.07, 6.45) is 3.22. The molecular formula is C8H11ClN2O2S. The van der Waals surface area contributed by atoms with E-state index < -0.39 is 9.05 Å². The third-order valence-corrected chi connectivity index (χ3v) is 3.81. The van der Waals surface area contributed by atoms with Gasteiger partial charge in [-0.05, 0) is 12.3 Å². The summed E-state index contributed by atoms with van der Waals surface area (Å²) in [6.45, 7) is 2.78. The fourth-order valence-corrected chi connectivity index (χ4v) is 2.76. The molecule has 78 valence electrons. The van der Waals surface area contributed by atoms with Crippen LogP contribution in [0.1, 0.15) is 19.2 Å². The largest absolute Gasteiger partial charge is 0.318 e. The van der Waals surface area contributed by atoms with Gasteiger partial charge in [-0.2, -0.15) is 0 Å². The fourth-order valence-electron chi connectivity index (χ4n) is 1.76. The molecule has 0 saturated carbocycles. The Kier molecular flexibility index (Phi) is 2.31. The molecule has 1 aromatic rings. The van der Waals surface area contributed by atoms with Crippen molar-refractivity contribution in [2.45, 2.75) is 31.3 Å². The van der Waals surface area contributed by atoms with E-state index in [2.05, 4.69) is 11.9 Å². The Bertz CT molecular complexity index is 452. The lowest BCUT2D eigenvalue weighted by Gasteiger charge is -2.21. The quantitative estimate of drug-likeness (QED) is 0.690. The van der Waals surface area contributed by atoms with Crippen LogP contribution in [0.2, 0.25) is 0 Å². The van der Waals surface area contributed by atoms with Crippen molar-refractivity contribution in [2.24, 2.45) is 5.92 Å². The lowest BCUT2D eigenvalue weighted by molar-refractivity contribution is 0.376. The van der Waals surface area contributed by atoms with E-state index in [1.54, 1.807) is 4.57 Å². The molecule has 0 N–H and O–H groups in total. The number of aryl methyl sites for hydroxylation is 1. The van der Waals surface area contributed by atoms with Gasteiger partial charge in [0.25, 0.3) is 9.05 Å². The second-order valence-corrected chi connectivity index (χ2v) is 6.22. The molecule has 1 aliphatic heterocycles. The highest BCUT2D eigenvalue weighted by atomic mass is 35.7. The van der Waals surface area contributed by atoms with Gasteiger partial charge >= 0.3 is 0 Å². The molecule has 0 bridgehead atoms. The maximum Gasteiger partial charge on any atom is 0.278 e. The smallest absolute Gasteiger partial charge is 0.278 e. The normalized spacial score (nSPS) is 22.0. The van der Waals surface area contributed by atoms with Gasteiger partial charge in [0.05, 0.1) is 6.20 Å². The van der Waals surface area contributed by atoms with Gasteiger partial charge in [-0.3, -0.25) is 0 Å². The van der Waals surface area contributed by atoms with E-state index in [-0.39, 0.29) is 5.03 Å². The van der Waals surface area contributed by atoms with E-state index in [4.69, 9.17) is 10.7 Å². The highest BCUT2D eigenvalue weighted by Crippen LogP contribution is 2.24. The molecule has 0 radical (unpaired) electrons. The number of fused-ring (bicyclic) bond motifs is 1. The molecule has 6 heteroatoms. The topological polar surface area (TPSA) is 52.0 Å². The van der Waals surface area contributed by atoms with Crippen LogP contribution in [0.5, 0.6) is 0 Å². The monoisotopic (exact) mass is 234 g/mol. The Hall–Kier alpha value is -0.550. The summed E-state index contributed by atoms with van der Waals surface area (Å²) in [7, 11) is 1.64. The van der Waals surface area contributed by atoms with Crippen molar-refractivity contribution in [1.29, 1.82) is 0 Å². The van der Waals surface area contributed by atoms with E-state index >= 15 is 0 Å². The maximum absolute atomic E-state index is 11.2. The van der Waals surface area contributed by atoms with Gasteiger partial charge in [0.1, 0.15) is 5.82 Å². The average molecular weight is 235 g/mol. The van der Waals surface area contributed by atoms with Crippen LogP contribution >= 0.6 is 10.7 Å². The molecule has 1 atom stereocenters. The van der Waals surface area contributed by atoms with Crippen molar-refractivity contribution < 1.29 is 8.42 Å². The zero-order valence-electron chi connectivity index (χ0n) is 7.77. The molecule has 0 spiro atoms. The fraction of sp³-hybridized carbons (Fsp3) is 0.625. The molecule has 1 aromatic heterocycles. The summed E-state index contributed by atoms with van der Waals surface area (Å²) in [5.74, 6) is 1.30. The summed E-state index contributed by atoms with van der Waals surface area (Å²) in [5, 5.41) is 0.126. The van der Waals surface area contributed by atoms with E-state index in [9.17, 15) is 8.42 Å². The third kappa shape index (κ3) is 1.66. The van der Waals surface area contributed by atoms with Crippen LogP contribution < -0.4 is 0 Å². The summed E-state index contributed by atoms with van der Waals surface area (Å²) >= 11 is 0. The summed E-state index contributed by atoms with van der Waals surface area (Å²) < 4.78 is 24.1. The number of hydrogen-bond acceptors (Lipinski definition) is 3. The molecular weight excluding hydrogens is 224 g/mol. The van der Waals surface area contributed by atoms with Crippen molar-refractivity contribution >= 4 is 19.7 Å². The molecule has 1 aliphatic rings. The van der Waals surface area contributed by atoms with Gasteiger partial charge in [-0.1, -0.05) is 6.92 Å². The second-order valence-electron chi connectivity index (χ2n) is 3.70. The number of halogens is 1. The van der Waals surface area contributed by atoms with E-state index in [0.717, 1.165) is 18.7 Å². The second kappa shape index (κ2) is 3.24. The molecule has 0 fully saturated rings. The molecule has 0 amide bonds. The van der Waals surface area contributed by atoms with Gasteiger partial charge in [0.2, 0.25) is 0 Å². The molecule has 14 heavy (non-hydrogen) atoms. The highest BCUT2D eigenvalue weighted by molar-refractivity contribution is 8.13. The molecule has 2 heterocycles. The van der Waals surface area contributed by atoms with Crippen LogP contribution in [-0.4, -0.2) is 18.0 Å². The minimum Gasteiger partial charge on any atom is -0.318 e. The Morgan fingerprint density at radius 3 is 3.00 bits per heavy atom. The summed E-state index contributed by atoms with van der Waals surface area (Å²) in [4.78, 5) is 4.06. The van der Waals surface area contributed by atoms with Crippen molar-refractivity contribution in [3.8, 4) is 0 Å². The first-order valence-electron chi connectivity index (χ1n) is 4.47. The van der Waals surface area contributed by atoms with E-state index in [1.807, 2.05) is 0 Å². The molecule has 0 unspecified atom stereocenters. The Balaban J connectivity index is 2.51. The van der Waals surface area contributed by atoms with Crippen molar-refractivity contribution in [1.82, 2.24) is 9.55 Å². The lowest BCUT2D eigenvalue weighted by Crippen LogP contribution is -2.20. The molecule has 2 rings (SSSR count). The van der Waals surface area contributed by atoms with Gasteiger partial charge in [0, 0.05) is 23.6 Å². The highest BCUT2D eigenvalue weighted by Gasteiger charge is 2.24. The first kappa shape index (κ1) is 9.98. The Labute approximate surface area is 87.3 Å².